The van der Waals surface area contributed by atoms with Crippen molar-refractivity contribution >= 4 is 33.5 Å². The standard InChI is InChI=1S/C29H23FN6O/c1-16(2)29(37)33-19-11-18(14-31-15-19)17-7-8-25-23(12-17)27(36-35-25)26-13-22-20(9-10-32-28(22)34-26)21-5-3-4-6-24(21)30/h3-16H,1-2H3,(H,32,34)(H,33,37)(H,35,36). The first-order valence-electron chi connectivity index (χ1n) is 12.0. The van der Waals surface area contributed by atoms with Gasteiger partial charge in [0.15, 0.2) is 0 Å². The lowest BCUT2D eigenvalue weighted by atomic mass is 10.0. The molecule has 0 aliphatic rings. The number of carbonyl (C=O) groups excluding carboxylic acids is 1. The molecule has 0 bridgehead atoms. The van der Waals surface area contributed by atoms with Crippen LogP contribution in [0.4, 0.5) is 10.1 Å². The molecular formula is C29H23FN6O. The van der Waals surface area contributed by atoms with Crippen molar-refractivity contribution < 1.29 is 9.18 Å². The van der Waals surface area contributed by atoms with Gasteiger partial charge >= 0.3 is 0 Å². The number of amides is 1. The third-order valence-electron chi connectivity index (χ3n) is 6.38. The predicted octanol–water partition coefficient (Wildman–Crippen LogP) is 6.57. The van der Waals surface area contributed by atoms with Crippen molar-refractivity contribution in [1.82, 2.24) is 25.1 Å². The highest BCUT2D eigenvalue weighted by atomic mass is 19.1. The van der Waals surface area contributed by atoms with Crippen LogP contribution >= 0.6 is 0 Å². The number of aromatic nitrogens is 5. The van der Waals surface area contributed by atoms with Gasteiger partial charge in [-0.2, -0.15) is 5.10 Å². The molecular weight excluding hydrogens is 467 g/mol. The van der Waals surface area contributed by atoms with Gasteiger partial charge in [-0.05, 0) is 47.5 Å². The Morgan fingerprint density at radius 2 is 1.81 bits per heavy atom. The highest BCUT2D eigenvalue weighted by Crippen LogP contribution is 2.35. The van der Waals surface area contributed by atoms with Crippen LogP contribution < -0.4 is 5.32 Å². The summed E-state index contributed by atoms with van der Waals surface area (Å²) in [4.78, 5) is 24.2. The third kappa shape index (κ3) is 4.12. The molecule has 0 aliphatic heterocycles. The Bertz CT molecular complexity index is 1780. The number of hydrogen-bond donors (Lipinski definition) is 3. The Balaban J connectivity index is 1.42. The molecule has 0 radical (unpaired) electrons. The average Bonchev–Trinajstić information content (AvgIpc) is 3.53. The van der Waals surface area contributed by atoms with E-state index in [0.29, 0.717) is 16.9 Å². The third-order valence-corrected chi connectivity index (χ3v) is 6.38. The Morgan fingerprint density at radius 3 is 2.65 bits per heavy atom. The van der Waals surface area contributed by atoms with E-state index in [4.69, 9.17) is 0 Å². The molecule has 8 heteroatoms. The van der Waals surface area contributed by atoms with Crippen molar-refractivity contribution in [3.05, 3.63) is 85.1 Å². The minimum atomic E-state index is -0.284. The van der Waals surface area contributed by atoms with E-state index in [2.05, 4.69) is 30.5 Å². The first-order chi connectivity index (χ1) is 18.0. The normalized spacial score (nSPS) is 11.5. The van der Waals surface area contributed by atoms with Crippen molar-refractivity contribution in [2.75, 3.05) is 5.32 Å². The predicted molar refractivity (Wildman–Crippen MR) is 143 cm³/mol. The minimum Gasteiger partial charge on any atom is -0.338 e. The number of benzene rings is 2. The van der Waals surface area contributed by atoms with Crippen LogP contribution in [0.1, 0.15) is 13.8 Å². The number of fused-ring (bicyclic) bond motifs is 2. The van der Waals surface area contributed by atoms with Crippen molar-refractivity contribution in [3.8, 4) is 33.6 Å². The Labute approximate surface area is 211 Å². The number of nitrogens with zero attached hydrogens (tertiary/aromatic N) is 3. The van der Waals surface area contributed by atoms with E-state index < -0.39 is 0 Å². The van der Waals surface area contributed by atoms with Gasteiger partial charge in [-0.1, -0.05) is 38.1 Å². The summed E-state index contributed by atoms with van der Waals surface area (Å²) in [5.74, 6) is -0.472. The van der Waals surface area contributed by atoms with Crippen molar-refractivity contribution in [1.29, 1.82) is 0 Å². The number of anilines is 1. The lowest BCUT2D eigenvalue weighted by molar-refractivity contribution is -0.118. The van der Waals surface area contributed by atoms with Gasteiger partial charge in [-0.25, -0.2) is 9.37 Å². The van der Waals surface area contributed by atoms with Gasteiger partial charge in [-0.15, -0.1) is 0 Å². The van der Waals surface area contributed by atoms with Crippen LogP contribution in [0, 0.1) is 11.7 Å². The van der Waals surface area contributed by atoms with Crippen LogP contribution in [0.25, 0.3) is 55.6 Å². The van der Waals surface area contributed by atoms with Crippen LogP contribution in [-0.2, 0) is 4.79 Å². The lowest BCUT2D eigenvalue weighted by Gasteiger charge is -2.09. The van der Waals surface area contributed by atoms with E-state index in [-0.39, 0.29) is 17.6 Å². The summed E-state index contributed by atoms with van der Waals surface area (Å²) in [6, 6.07) is 18.4. The quantitative estimate of drug-likeness (QED) is 0.254. The zero-order valence-corrected chi connectivity index (χ0v) is 20.2. The van der Waals surface area contributed by atoms with Gasteiger partial charge in [0, 0.05) is 40.2 Å². The van der Waals surface area contributed by atoms with Crippen LogP contribution in [0.2, 0.25) is 0 Å². The summed E-state index contributed by atoms with van der Waals surface area (Å²) in [6.45, 7) is 3.69. The van der Waals surface area contributed by atoms with Crippen LogP contribution in [0.15, 0.2) is 79.3 Å². The molecule has 4 aromatic heterocycles. The topological polar surface area (TPSA) is 99.3 Å². The zero-order chi connectivity index (χ0) is 25.5. The maximum Gasteiger partial charge on any atom is 0.226 e. The van der Waals surface area contributed by atoms with Crippen molar-refractivity contribution in [2.45, 2.75) is 13.8 Å². The minimum absolute atomic E-state index is 0.0614. The van der Waals surface area contributed by atoms with E-state index >= 15 is 0 Å². The van der Waals surface area contributed by atoms with Gasteiger partial charge in [0.2, 0.25) is 5.91 Å². The van der Waals surface area contributed by atoms with E-state index in [1.807, 2.05) is 56.3 Å². The van der Waals surface area contributed by atoms with E-state index in [0.717, 1.165) is 44.4 Å². The molecule has 6 rings (SSSR count). The SMILES string of the molecule is CC(C)C(=O)Nc1cncc(-c2ccc3[nH]nc(-c4cc5c(-c6ccccc6F)ccnc5[nH]4)c3c2)c1. The second-order valence-electron chi connectivity index (χ2n) is 9.22. The zero-order valence-electron chi connectivity index (χ0n) is 20.2. The number of hydrogen-bond acceptors (Lipinski definition) is 4. The van der Waals surface area contributed by atoms with Gasteiger partial charge in [0.25, 0.3) is 0 Å². The Morgan fingerprint density at radius 1 is 0.946 bits per heavy atom. The summed E-state index contributed by atoms with van der Waals surface area (Å²) >= 11 is 0. The molecule has 0 aliphatic carbocycles. The molecule has 0 unspecified atom stereocenters. The largest absolute Gasteiger partial charge is 0.338 e. The fraction of sp³-hybridized carbons (Fsp3) is 0.103. The highest BCUT2D eigenvalue weighted by Gasteiger charge is 2.16. The molecule has 182 valence electrons. The van der Waals surface area contributed by atoms with Crippen LogP contribution in [0.5, 0.6) is 0 Å². The maximum atomic E-state index is 14.6. The maximum absolute atomic E-state index is 14.6. The second kappa shape index (κ2) is 8.98. The Kier molecular flexibility index (Phi) is 5.49. The number of halogens is 1. The van der Waals surface area contributed by atoms with Crippen molar-refractivity contribution in [3.63, 3.8) is 0 Å². The first kappa shape index (κ1) is 22.6. The van der Waals surface area contributed by atoms with E-state index in [9.17, 15) is 9.18 Å². The van der Waals surface area contributed by atoms with Gasteiger partial charge in [-0.3, -0.25) is 14.9 Å². The fourth-order valence-corrected chi connectivity index (χ4v) is 4.42. The van der Waals surface area contributed by atoms with Crippen LogP contribution in [-0.4, -0.2) is 31.1 Å². The number of nitrogens with one attached hydrogen (secondary N) is 3. The molecule has 2 aromatic carbocycles. The molecule has 6 aromatic rings. The van der Waals surface area contributed by atoms with Gasteiger partial charge in [0.1, 0.15) is 17.2 Å². The monoisotopic (exact) mass is 490 g/mol. The number of pyridine rings is 2. The molecule has 0 atom stereocenters. The van der Waals surface area contributed by atoms with Crippen molar-refractivity contribution in [2.24, 2.45) is 5.92 Å². The summed E-state index contributed by atoms with van der Waals surface area (Å²) in [5, 5.41) is 12.3. The van der Waals surface area contributed by atoms with E-state index in [1.54, 1.807) is 30.7 Å². The summed E-state index contributed by atoms with van der Waals surface area (Å²) in [6.07, 6.45) is 5.07. The first-order valence-corrected chi connectivity index (χ1v) is 12.0. The fourth-order valence-electron chi connectivity index (χ4n) is 4.42. The molecule has 37 heavy (non-hydrogen) atoms. The average molecular weight is 491 g/mol. The summed E-state index contributed by atoms with van der Waals surface area (Å²) in [7, 11) is 0. The molecule has 0 fully saturated rings. The number of carbonyl (C=O) groups is 1. The molecule has 4 heterocycles. The molecule has 1 amide bonds. The van der Waals surface area contributed by atoms with Gasteiger partial charge < -0.3 is 10.3 Å². The molecule has 0 spiro atoms. The van der Waals surface area contributed by atoms with E-state index in [1.165, 1.54) is 6.07 Å². The molecule has 0 saturated heterocycles. The Hall–Kier alpha value is -4.85. The molecule has 7 nitrogen and oxygen atoms in total. The number of rotatable bonds is 5. The highest BCUT2D eigenvalue weighted by molar-refractivity contribution is 6.01. The second-order valence-corrected chi connectivity index (χ2v) is 9.22. The smallest absolute Gasteiger partial charge is 0.226 e. The number of H-pyrrole nitrogens is 2. The summed E-state index contributed by atoms with van der Waals surface area (Å²) < 4.78 is 14.6. The molecule has 0 saturated carbocycles. The number of aromatic amines is 2. The summed E-state index contributed by atoms with van der Waals surface area (Å²) in [5.41, 5.74) is 6.76. The lowest BCUT2D eigenvalue weighted by Crippen LogP contribution is -2.17. The van der Waals surface area contributed by atoms with Crippen LogP contribution in [0.3, 0.4) is 0 Å². The van der Waals surface area contributed by atoms with Gasteiger partial charge in [0.05, 0.1) is 23.1 Å². The molecule has 3 N–H and O–H groups in total.